The van der Waals surface area contributed by atoms with Gasteiger partial charge in [0, 0.05) is 9.97 Å². The maximum atomic E-state index is 5.67. The van der Waals surface area contributed by atoms with Gasteiger partial charge in [0.2, 0.25) is 0 Å². The van der Waals surface area contributed by atoms with Crippen LogP contribution in [-0.4, -0.2) is 9.97 Å². The van der Waals surface area contributed by atoms with E-state index in [0.717, 1.165) is 3.92 Å². The summed E-state index contributed by atoms with van der Waals surface area (Å²) in [5.41, 5.74) is 5.67. The van der Waals surface area contributed by atoms with E-state index in [4.69, 9.17) is 5.73 Å². The van der Waals surface area contributed by atoms with Gasteiger partial charge in [-0.1, -0.05) is 29.0 Å². The summed E-state index contributed by atoms with van der Waals surface area (Å²) in [6.45, 7) is 0. The number of alkyl halides is 1. The molecule has 0 radical (unpaired) electrons. The van der Waals surface area contributed by atoms with Crippen LogP contribution in [0.5, 0.6) is 0 Å². The molecule has 2 N–H and O–H groups in total. The second-order valence-corrected chi connectivity index (χ2v) is 3.71. The zero-order valence-corrected chi connectivity index (χ0v) is 6.39. The molecule has 0 saturated heterocycles. The van der Waals surface area contributed by atoms with Crippen molar-refractivity contribution >= 4 is 22.6 Å². The van der Waals surface area contributed by atoms with Crippen LogP contribution in [0.4, 0.5) is 0 Å². The minimum absolute atomic E-state index is 0.501. The highest BCUT2D eigenvalue weighted by Crippen LogP contribution is 2.23. The van der Waals surface area contributed by atoms with Crippen LogP contribution in [0.2, 0.25) is 0 Å². The lowest BCUT2D eigenvalue weighted by Crippen LogP contribution is -2.23. The molecule has 0 spiro atoms. The van der Waals surface area contributed by atoms with Crippen LogP contribution in [-0.2, 0) is 0 Å². The Morgan fingerprint density at radius 3 is 2.29 bits per heavy atom. The minimum Gasteiger partial charge on any atom is -0.327 e. The lowest BCUT2D eigenvalue weighted by atomic mass is 10.3. The van der Waals surface area contributed by atoms with Gasteiger partial charge in [-0.2, -0.15) is 0 Å². The van der Waals surface area contributed by atoms with Crippen molar-refractivity contribution in [2.75, 3.05) is 0 Å². The lowest BCUT2D eigenvalue weighted by Gasteiger charge is -2.03. The van der Waals surface area contributed by atoms with Crippen molar-refractivity contribution in [2.45, 2.75) is 29.2 Å². The van der Waals surface area contributed by atoms with Crippen LogP contribution in [0, 0.1) is 0 Å². The van der Waals surface area contributed by atoms with Crippen LogP contribution in [0.25, 0.3) is 0 Å². The van der Waals surface area contributed by atoms with E-state index < -0.39 is 0 Å². The molecular weight excluding hydrogens is 201 g/mol. The highest BCUT2D eigenvalue weighted by atomic mass is 127. The fourth-order valence-corrected chi connectivity index (χ4v) is 1.74. The molecule has 1 saturated carbocycles. The second-order valence-electron chi connectivity index (χ2n) is 2.11. The Labute approximate surface area is 57.8 Å². The van der Waals surface area contributed by atoms with Crippen molar-refractivity contribution in [1.82, 2.24) is 0 Å². The molecule has 1 rings (SSSR count). The predicted molar refractivity (Wildman–Crippen MR) is 39.6 cm³/mol. The van der Waals surface area contributed by atoms with E-state index in [-0.39, 0.29) is 0 Å². The van der Waals surface area contributed by atoms with E-state index in [9.17, 15) is 0 Å². The number of halogens is 1. The molecule has 1 aliphatic rings. The number of hydrogen-bond acceptors (Lipinski definition) is 1. The minimum atomic E-state index is 0.501. The summed E-state index contributed by atoms with van der Waals surface area (Å²) >= 11 is 2.43. The number of nitrogens with two attached hydrogens (primary N) is 1. The van der Waals surface area contributed by atoms with Gasteiger partial charge in [-0.3, -0.25) is 0 Å². The van der Waals surface area contributed by atoms with Gasteiger partial charge in [-0.15, -0.1) is 0 Å². The Kier molecular flexibility index (Phi) is 1.92. The van der Waals surface area contributed by atoms with Gasteiger partial charge in [0.1, 0.15) is 0 Å². The summed E-state index contributed by atoms with van der Waals surface area (Å²) < 4.78 is 0.762. The maximum Gasteiger partial charge on any atom is 0.0261 e. The lowest BCUT2D eigenvalue weighted by molar-refractivity contribution is 0.729. The topological polar surface area (TPSA) is 26.0 Å². The highest BCUT2D eigenvalue weighted by molar-refractivity contribution is 14.1. The molecule has 0 aliphatic heterocycles. The van der Waals surface area contributed by atoms with E-state index in [1.165, 1.54) is 19.3 Å². The van der Waals surface area contributed by atoms with Crippen molar-refractivity contribution in [1.29, 1.82) is 0 Å². The molecule has 0 unspecified atom stereocenters. The Morgan fingerprint density at radius 2 is 2.14 bits per heavy atom. The van der Waals surface area contributed by atoms with Crippen molar-refractivity contribution in [3.8, 4) is 0 Å². The van der Waals surface area contributed by atoms with Gasteiger partial charge in [-0.25, -0.2) is 0 Å². The van der Waals surface area contributed by atoms with Gasteiger partial charge in [-0.05, 0) is 12.8 Å². The first-order valence-electron chi connectivity index (χ1n) is 2.70. The Hall–Kier alpha value is 0.690. The maximum absolute atomic E-state index is 5.67. The van der Waals surface area contributed by atoms with Crippen molar-refractivity contribution in [3.63, 3.8) is 0 Å². The SMILES string of the molecule is N[C@@H]1CCC[C@H]1I. The second kappa shape index (κ2) is 2.31. The van der Waals surface area contributed by atoms with Crippen molar-refractivity contribution < 1.29 is 0 Å². The molecule has 7 heavy (non-hydrogen) atoms. The van der Waals surface area contributed by atoms with Gasteiger partial charge in [0.25, 0.3) is 0 Å². The highest BCUT2D eigenvalue weighted by Gasteiger charge is 2.19. The van der Waals surface area contributed by atoms with Gasteiger partial charge >= 0.3 is 0 Å². The first-order valence-corrected chi connectivity index (χ1v) is 3.95. The summed E-state index contributed by atoms with van der Waals surface area (Å²) in [6, 6.07) is 0.501. The van der Waals surface area contributed by atoms with Crippen molar-refractivity contribution in [2.24, 2.45) is 5.73 Å². The normalized spacial score (nSPS) is 42.0. The summed E-state index contributed by atoms with van der Waals surface area (Å²) in [5.74, 6) is 0. The van der Waals surface area contributed by atoms with E-state index in [0.29, 0.717) is 6.04 Å². The third-order valence-corrected chi connectivity index (χ3v) is 3.03. The molecule has 2 atom stereocenters. The average molecular weight is 211 g/mol. The van der Waals surface area contributed by atoms with Crippen LogP contribution in [0.15, 0.2) is 0 Å². The van der Waals surface area contributed by atoms with E-state index in [2.05, 4.69) is 22.6 Å². The Morgan fingerprint density at radius 1 is 1.43 bits per heavy atom. The molecule has 0 bridgehead atoms. The van der Waals surface area contributed by atoms with Crippen LogP contribution < -0.4 is 5.73 Å². The zero-order chi connectivity index (χ0) is 5.28. The summed E-state index contributed by atoms with van der Waals surface area (Å²) in [7, 11) is 0. The van der Waals surface area contributed by atoms with E-state index in [1.54, 1.807) is 0 Å². The molecule has 42 valence electrons. The van der Waals surface area contributed by atoms with Crippen molar-refractivity contribution in [3.05, 3.63) is 0 Å². The molecule has 1 aliphatic carbocycles. The molecule has 2 heteroatoms. The molecular formula is C5H10IN. The third kappa shape index (κ3) is 1.29. The standard InChI is InChI=1S/C5H10IN/c6-4-2-1-3-5(4)7/h4-5H,1-3,7H2/t4-,5-/m1/s1. The van der Waals surface area contributed by atoms with Gasteiger partial charge in [0.05, 0.1) is 0 Å². The van der Waals surface area contributed by atoms with Crippen LogP contribution in [0.3, 0.4) is 0 Å². The predicted octanol–water partition coefficient (Wildman–Crippen LogP) is 1.30. The Bertz CT molecular complexity index is 57.1. The molecule has 0 aromatic heterocycles. The molecule has 1 nitrogen and oxygen atoms in total. The van der Waals surface area contributed by atoms with E-state index in [1.807, 2.05) is 0 Å². The average Bonchev–Trinajstić information content (AvgIpc) is 1.91. The fraction of sp³-hybridized carbons (Fsp3) is 1.00. The van der Waals surface area contributed by atoms with E-state index >= 15 is 0 Å². The molecule has 0 heterocycles. The molecule has 0 aromatic rings. The largest absolute Gasteiger partial charge is 0.327 e. The Balaban J connectivity index is 2.33. The molecule has 1 fully saturated rings. The first-order chi connectivity index (χ1) is 3.30. The third-order valence-electron chi connectivity index (χ3n) is 1.48. The van der Waals surface area contributed by atoms with Gasteiger partial charge in [0.15, 0.2) is 0 Å². The summed E-state index contributed by atoms with van der Waals surface area (Å²) in [6.07, 6.45) is 3.92. The van der Waals surface area contributed by atoms with Gasteiger partial charge < -0.3 is 5.73 Å². The zero-order valence-electron chi connectivity index (χ0n) is 4.23. The number of hydrogen-bond donors (Lipinski definition) is 1. The fourth-order valence-electron chi connectivity index (χ4n) is 0.943. The molecule has 0 aromatic carbocycles. The monoisotopic (exact) mass is 211 g/mol. The number of rotatable bonds is 0. The summed E-state index contributed by atoms with van der Waals surface area (Å²) in [5, 5.41) is 0. The summed E-state index contributed by atoms with van der Waals surface area (Å²) in [4.78, 5) is 0. The molecule has 0 amide bonds. The van der Waals surface area contributed by atoms with Crippen LogP contribution >= 0.6 is 22.6 Å². The quantitative estimate of drug-likeness (QED) is 0.474. The smallest absolute Gasteiger partial charge is 0.0261 e. The first kappa shape index (κ1) is 5.82. The van der Waals surface area contributed by atoms with Crippen LogP contribution in [0.1, 0.15) is 19.3 Å².